The van der Waals surface area contributed by atoms with Crippen LogP contribution in [0.3, 0.4) is 0 Å². The molecular weight excluding hydrogens is 288 g/mol. The predicted octanol–water partition coefficient (Wildman–Crippen LogP) is 3.66. The number of aromatic nitrogens is 2. The standard InChI is InChI=1S/C18H20N4O/c1-3-22(4-2)16-8-5-13(6-9-16)18(23)20-15-7-10-17-14(11-15)12-19-21-17/h5-12H,3-4H2,1-2H3,(H,19,21)(H,20,23). The van der Waals surface area contributed by atoms with Gasteiger partial charge in [-0.3, -0.25) is 9.89 Å². The lowest BCUT2D eigenvalue weighted by Gasteiger charge is -2.21. The van der Waals surface area contributed by atoms with Crippen molar-refractivity contribution in [1.29, 1.82) is 0 Å². The minimum absolute atomic E-state index is 0.112. The van der Waals surface area contributed by atoms with Gasteiger partial charge in [0.15, 0.2) is 0 Å². The first-order valence-electron chi connectivity index (χ1n) is 7.80. The Bertz CT molecular complexity index is 803. The first-order chi connectivity index (χ1) is 11.2. The highest BCUT2D eigenvalue weighted by atomic mass is 16.1. The molecule has 0 spiro atoms. The Balaban J connectivity index is 1.74. The Morgan fingerprint density at radius 3 is 2.57 bits per heavy atom. The summed E-state index contributed by atoms with van der Waals surface area (Å²) in [5.41, 5.74) is 3.49. The molecule has 3 rings (SSSR count). The van der Waals surface area contributed by atoms with E-state index in [1.165, 1.54) is 0 Å². The summed E-state index contributed by atoms with van der Waals surface area (Å²) in [4.78, 5) is 14.6. The van der Waals surface area contributed by atoms with Gasteiger partial charge in [-0.1, -0.05) is 0 Å². The number of nitrogens with zero attached hydrogens (tertiary/aromatic N) is 2. The second-order valence-corrected chi connectivity index (χ2v) is 5.35. The van der Waals surface area contributed by atoms with E-state index in [0.717, 1.165) is 35.4 Å². The van der Waals surface area contributed by atoms with Crippen molar-refractivity contribution in [2.45, 2.75) is 13.8 Å². The Kier molecular flexibility index (Phi) is 4.28. The van der Waals surface area contributed by atoms with E-state index in [9.17, 15) is 4.79 Å². The minimum atomic E-state index is -0.112. The van der Waals surface area contributed by atoms with Gasteiger partial charge >= 0.3 is 0 Å². The van der Waals surface area contributed by atoms with Crippen molar-refractivity contribution in [3.05, 3.63) is 54.2 Å². The molecule has 23 heavy (non-hydrogen) atoms. The van der Waals surface area contributed by atoms with Gasteiger partial charge in [-0.15, -0.1) is 0 Å². The van der Waals surface area contributed by atoms with Gasteiger partial charge in [0.05, 0.1) is 11.7 Å². The van der Waals surface area contributed by atoms with Crippen molar-refractivity contribution in [3.63, 3.8) is 0 Å². The van der Waals surface area contributed by atoms with Crippen LogP contribution in [-0.4, -0.2) is 29.2 Å². The van der Waals surface area contributed by atoms with Gasteiger partial charge in [-0.2, -0.15) is 5.10 Å². The number of fused-ring (bicyclic) bond motifs is 1. The average Bonchev–Trinajstić information content (AvgIpc) is 3.04. The second kappa shape index (κ2) is 6.52. The molecular formula is C18H20N4O. The van der Waals surface area contributed by atoms with Crippen molar-refractivity contribution in [2.75, 3.05) is 23.3 Å². The number of nitrogens with one attached hydrogen (secondary N) is 2. The third-order valence-corrected chi connectivity index (χ3v) is 3.96. The van der Waals surface area contributed by atoms with Gasteiger partial charge < -0.3 is 10.2 Å². The molecule has 0 saturated heterocycles. The molecule has 0 aliphatic heterocycles. The van der Waals surface area contributed by atoms with Crippen molar-refractivity contribution in [1.82, 2.24) is 10.2 Å². The molecule has 1 heterocycles. The maximum absolute atomic E-state index is 12.4. The highest BCUT2D eigenvalue weighted by Crippen LogP contribution is 2.19. The Hall–Kier alpha value is -2.82. The van der Waals surface area contributed by atoms with Crippen LogP contribution in [-0.2, 0) is 0 Å². The van der Waals surface area contributed by atoms with Crippen LogP contribution in [0.1, 0.15) is 24.2 Å². The van der Waals surface area contributed by atoms with E-state index < -0.39 is 0 Å². The molecule has 5 nitrogen and oxygen atoms in total. The number of amides is 1. The lowest BCUT2D eigenvalue weighted by molar-refractivity contribution is 0.102. The van der Waals surface area contributed by atoms with Crippen molar-refractivity contribution < 1.29 is 4.79 Å². The van der Waals surface area contributed by atoms with E-state index in [4.69, 9.17) is 0 Å². The third kappa shape index (κ3) is 3.18. The van der Waals surface area contributed by atoms with Gasteiger partial charge in [0, 0.05) is 35.4 Å². The Morgan fingerprint density at radius 2 is 1.87 bits per heavy atom. The first-order valence-corrected chi connectivity index (χ1v) is 7.80. The number of aromatic amines is 1. The van der Waals surface area contributed by atoms with Crippen LogP contribution in [0.5, 0.6) is 0 Å². The molecule has 0 aliphatic rings. The SMILES string of the molecule is CCN(CC)c1ccc(C(=O)Nc2ccc3[nH]ncc3c2)cc1. The van der Waals surface area contributed by atoms with E-state index in [1.807, 2.05) is 42.5 Å². The first kappa shape index (κ1) is 15.1. The van der Waals surface area contributed by atoms with Crippen LogP contribution >= 0.6 is 0 Å². The third-order valence-electron chi connectivity index (χ3n) is 3.96. The van der Waals surface area contributed by atoms with E-state index >= 15 is 0 Å². The molecule has 1 aromatic heterocycles. The normalized spacial score (nSPS) is 10.7. The van der Waals surface area contributed by atoms with Crippen molar-refractivity contribution in [3.8, 4) is 0 Å². The number of benzene rings is 2. The number of anilines is 2. The summed E-state index contributed by atoms with van der Waals surface area (Å²) >= 11 is 0. The highest BCUT2D eigenvalue weighted by Gasteiger charge is 2.08. The van der Waals surface area contributed by atoms with Crippen LogP contribution in [0.4, 0.5) is 11.4 Å². The van der Waals surface area contributed by atoms with E-state index in [2.05, 4.69) is 34.3 Å². The number of hydrogen-bond acceptors (Lipinski definition) is 3. The Labute approximate surface area is 135 Å². The number of carbonyl (C=O) groups is 1. The topological polar surface area (TPSA) is 61.0 Å². The molecule has 0 aliphatic carbocycles. The number of H-pyrrole nitrogens is 1. The predicted molar refractivity (Wildman–Crippen MR) is 94.0 cm³/mol. The largest absolute Gasteiger partial charge is 0.372 e. The van der Waals surface area contributed by atoms with E-state index in [0.29, 0.717) is 5.56 Å². The van der Waals surface area contributed by atoms with E-state index in [-0.39, 0.29) is 5.91 Å². The van der Waals surface area contributed by atoms with Crippen LogP contribution in [0, 0.1) is 0 Å². The minimum Gasteiger partial charge on any atom is -0.372 e. The molecule has 0 saturated carbocycles. The van der Waals surface area contributed by atoms with Gasteiger partial charge in [-0.25, -0.2) is 0 Å². The van der Waals surface area contributed by atoms with Crippen molar-refractivity contribution >= 4 is 28.2 Å². The Morgan fingerprint density at radius 1 is 1.13 bits per heavy atom. The van der Waals surface area contributed by atoms with Gasteiger partial charge in [0.1, 0.15) is 0 Å². The second-order valence-electron chi connectivity index (χ2n) is 5.35. The smallest absolute Gasteiger partial charge is 0.255 e. The summed E-state index contributed by atoms with van der Waals surface area (Å²) in [5.74, 6) is -0.112. The number of hydrogen-bond donors (Lipinski definition) is 2. The fourth-order valence-electron chi connectivity index (χ4n) is 2.64. The maximum Gasteiger partial charge on any atom is 0.255 e. The van der Waals surface area contributed by atoms with Crippen LogP contribution < -0.4 is 10.2 Å². The number of carbonyl (C=O) groups excluding carboxylic acids is 1. The quantitative estimate of drug-likeness (QED) is 0.756. The summed E-state index contributed by atoms with van der Waals surface area (Å²) < 4.78 is 0. The summed E-state index contributed by atoms with van der Waals surface area (Å²) in [6, 6.07) is 13.4. The monoisotopic (exact) mass is 308 g/mol. The fourth-order valence-corrected chi connectivity index (χ4v) is 2.64. The summed E-state index contributed by atoms with van der Waals surface area (Å²) in [6.07, 6.45) is 1.74. The zero-order valence-corrected chi connectivity index (χ0v) is 13.3. The molecule has 2 aromatic carbocycles. The molecule has 0 atom stereocenters. The summed E-state index contributed by atoms with van der Waals surface area (Å²) in [5, 5.41) is 10.8. The van der Waals surface area contributed by atoms with Gasteiger partial charge in [0.2, 0.25) is 0 Å². The number of rotatable bonds is 5. The highest BCUT2D eigenvalue weighted by molar-refractivity contribution is 6.05. The molecule has 3 aromatic rings. The molecule has 2 N–H and O–H groups in total. The summed E-state index contributed by atoms with van der Waals surface area (Å²) in [7, 11) is 0. The molecule has 1 amide bonds. The van der Waals surface area contributed by atoms with Gasteiger partial charge in [-0.05, 0) is 56.3 Å². The van der Waals surface area contributed by atoms with Crippen LogP contribution in [0.15, 0.2) is 48.7 Å². The summed E-state index contributed by atoms with van der Waals surface area (Å²) in [6.45, 7) is 6.14. The van der Waals surface area contributed by atoms with E-state index in [1.54, 1.807) is 6.20 Å². The zero-order chi connectivity index (χ0) is 16.2. The van der Waals surface area contributed by atoms with Crippen LogP contribution in [0.2, 0.25) is 0 Å². The average molecular weight is 308 g/mol. The fraction of sp³-hybridized carbons (Fsp3) is 0.222. The van der Waals surface area contributed by atoms with Crippen molar-refractivity contribution in [2.24, 2.45) is 0 Å². The zero-order valence-electron chi connectivity index (χ0n) is 13.3. The van der Waals surface area contributed by atoms with Crippen LogP contribution in [0.25, 0.3) is 10.9 Å². The lowest BCUT2D eigenvalue weighted by Crippen LogP contribution is -2.21. The molecule has 118 valence electrons. The molecule has 0 bridgehead atoms. The molecule has 5 heteroatoms. The molecule has 0 radical (unpaired) electrons. The molecule has 0 unspecified atom stereocenters. The maximum atomic E-state index is 12.4. The molecule has 0 fully saturated rings. The van der Waals surface area contributed by atoms with Gasteiger partial charge in [0.25, 0.3) is 5.91 Å². The lowest BCUT2D eigenvalue weighted by atomic mass is 10.1.